The normalized spacial score (nSPS) is 10.9. The molecule has 2 aromatic carbocycles. The molecule has 146 valence electrons. The van der Waals surface area contributed by atoms with E-state index in [0.29, 0.717) is 18.1 Å². The fourth-order valence-corrected chi connectivity index (χ4v) is 3.72. The van der Waals surface area contributed by atoms with Crippen LogP contribution in [0.5, 0.6) is 0 Å². The second-order valence-corrected chi connectivity index (χ2v) is 7.59. The van der Waals surface area contributed by atoms with Crippen molar-refractivity contribution in [2.45, 2.75) is 19.6 Å². The third-order valence-electron chi connectivity index (χ3n) is 4.26. The van der Waals surface area contributed by atoms with Gasteiger partial charge in [-0.25, -0.2) is 0 Å². The Morgan fingerprint density at radius 2 is 1.66 bits per heavy atom. The number of rotatable bonds is 8. The Balaban J connectivity index is 1.45. The summed E-state index contributed by atoms with van der Waals surface area (Å²) in [6.07, 6.45) is 1.67. The maximum atomic E-state index is 12.4. The average molecular weight is 404 g/mol. The molecule has 0 unspecified atom stereocenters. The standard InChI is InChI=1S/C22H20N4O2S/c27-21(23-18-10-5-2-6-11-18)22-25-24-20(29-22)16-26(15-19-12-7-13-28-19)14-17-8-3-1-4-9-17/h1-13H,14-16H2,(H,23,27). The summed E-state index contributed by atoms with van der Waals surface area (Å²) in [6.45, 7) is 1.96. The van der Waals surface area contributed by atoms with Crippen LogP contribution < -0.4 is 5.32 Å². The number of aromatic nitrogens is 2. The minimum Gasteiger partial charge on any atom is -0.468 e. The van der Waals surface area contributed by atoms with Crippen LogP contribution in [0.4, 0.5) is 5.69 Å². The first-order valence-corrected chi connectivity index (χ1v) is 10.1. The van der Waals surface area contributed by atoms with E-state index in [1.165, 1.54) is 16.9 Å². The number of nitrogens with one attached hydrogen (secondary N) is 1. The molecule has 2 aromatic heterocycles. The molecular formula is C22H20N4O2S. The molecule has 0 saturated heterocycles. The zero-order valence-corrected chi connectivity index (χ0v) is 16.5. The summed E-state index contributed by atoms with van der Waals surface area (Å²) in [5, 5.41) is 12.3. The Kier molecular flexibility index (Phi) is 6.09. The summed E-state index contributed by atoms with van der Waals surface area (Å²) in [6, 6.07) is 23.4. The summed E-state index contributed by atoms with van der Waals surface area (Å²) >= 11 is 1.31. The van der Waals surface area contributed by atoms with Crippen LogP contribution in [0, 0.1) is 0 Å². The Bertz CT molecular complexity index is 1030. The predicted octanol–water partition coefficient (Wildman–Crippen LogP) is 4.59. The number of para-hydroxylation sites is 1. The number of anilines is 1. The van der Waals surface area contributed by atoms with Crippen molar-refractivity contribution in [2.75, 3.05) is 5.32 Å². The Morgan fingerprint density at radius 1 is 0.897 bits per heavy atom. The van der Waals surface area contributed by atoms with Crippen LogP contribution in [-0.4, -0.2) is 21.0 Å². The first kappa shape index (κ1) is 19.0. The van der Waals surface area contributed by atoms with Crippen LogP contribution in [0.15, 0.2) is 83.5 Å². The molecule has 0 bridgehead atoms. The Morgan fingerprint density at radius 3 is 2.38 bits per heavy atom. The van der Waals surface area contributed by atoms with Gasteiger partial charge in [0, 0.05) is 12.2 Å². The van der Waals surface area contributed by atoms with Gasteiger partial charge in [-0.3, -0.25) is 9.69 Å². The zero-order valence-electron chi connectivity index (χ0n) is 15.7. The highest BCUT2D eigenvalue weighted by atomic mass is 32.1. The summed E-state index contributed by atoms with van der Waals surface area (Å²) < 4.78 is 5.51. The fraction of sp³-hybridized carbons (Fsp3) is 0.136. The lowest BCUT2D eigenvalue weighted by molar-refractivity contribution is 0.102. The lowest BCUT2D eigenvalue weighted by Crippen LogP contribution is -2.22. The van der Waals surface area contributed by atoms with Crippen molar-refractivity contribution in [2.24, 2.45) is 0 Å². The SMILES string of the molecule is O=C(Nc1ccccc1)c1nnc(CN(Cc2ccccc2)Cc2ccco2)s1. The number of nitrogens with zero attached hydrogens (tertiary/aromatic N) is 3. The molecule has 0 spiro atoms. The molecule has 6 nitrogen and oxygen atoms in total. The highest BCUT2D eigenvalue weighted by Gasteiger charge is 2.16. The Hall–Kier alpha value is -3.29. The van der Waals surface area contributed by atoms with Gasteiger partial charge in [0.05, 0.1) is 19.4 Å². The Labute approximate surface area is 172 Å². The van der Waals surface area contributed by atoms with Crippen molar-refractivity contribution in [3.05, 3.63) is 100 Å². The molecule has 0 radical (unpaired) electrons. The monoisotopic (exact) mass is 404 g/mol. The number of carbonyl (C=O) groups excluding carboxylic acids is 1. The number of hydrogen-bond donors (Lipinski definition) is 1. The molecule has 4 rings (SSSR count). The van der Waals surface area contributed by atoms with Gasteiger partial charge in [-0.1, -0.05) is 59.9 Å². The highest BCUT2D eigenvalue weighted by Crippen LogP contribution is 2.18. The fourth-order valence-electron chi connectivity index (χ4n) is 2.94. The molecule has 4 aromatic rings. The molecule has 0 aliphatic heterocycles. The molecule has 2 heterocycles. The summed E-state index contributed by atoms with van der Waals surface area (Å²) in [7, 11) is 0. The van der Waals surface area contributed by atoms with Gasteiger partial charge in [0.1, 0.15) is 10.8 Å². The van der Waals surface area contributed by atoms with Crippen molar-refractivity contribution < 1.29 is 9.21 Å². The quantitative estimate of drug-likeness (QED) is 0.465. The van der Waals surface area contributed by atoms with Gasteiger partial charge in [-0.2, -0.15) is 0 Å². The largest absolute Gasteiger partial charge is 0.468 e. The van der Waals surface area contributed by atoms with E-state index in [2.05, 4.69) is 32.5 Å². The maximum Gasteiger partial charge on any atom is 0.286 e. The van der Waals surface area contributed by atoms with E-state index in [9.17, 15) is 4.79 Å². The molecule has 0 aliphatic carbocycles. The summed E-state index contributed by atoms with van der Waals surface area (Å²) in [5.74, 6) is 0.632. The number of hydrogen-bond acceptors (Lipinski definition) is 6. The van der Waals surface area contributed by atoms with Crippen LogP contribution in [0.25, 0.3) is 0 Å². The number of benzene rings is 2. The van der Waals surface area contributed by atoms with Crippen molar-refractivity contribution in [1.29, 1.82) is 0 Å². The van der Waals surface area contributed by atoms with Crippen LogP contribution >= 0.6 is 11.3 Å². The first-order valence-electron chi connectivity index (χ1n) is 9.24. The van der Waals surface area contributed by atoms with Gasteiger partial charge in [-0.15, -0.1) is 10.2 Å². The minimum absolute atomic E-state index is 0.249. The van der Waals surface area contributed by atoms with Crippen LogP contribution in [0.2, 0.25) is 0 Å². The molecule has 0 atom stereocenters. The molecule has 0 aliphatic rings. The summed E-state index contributed by atoms with van der Waals surface area (Å²) in [5.41, 5.74) is 1.93. The predicted molar refractivity (Wildman–Crippen MR) is 112 cm³/mol. The van der Waals surface area contributed by atoms with Crippen LogP contribution in [-0.2, 0) is 19.6 Å². The van der Waals surface area contributed by atoms with Crippen molar-refractivity contribution in [3.8, 4) is 0 Å². The number of furan rings is 1. The smallest absolute Gasteiger partial charge is 0.286 e. The topological polar surface area (TPSA) is 71.3 Å². The second-order valence-electron chi connectivity index (χ2n) is 6.53. The van der Waals surface area contributed by atoms with E-state index in [1.54, 1.807) is 6.26 Å². The van der Waals surface area contributed by atoms with E-state index in [1.807, 2.05) is 60.7 Å². The molecular weight excluding hydrogens is 384 g/mol. The van der Waals surface area contributed by atoms with E-state index < -0.39 is 0 Å². The van der Waals surface area contributed by atoms with Gasteiger partial charge in [-0.05, 0) is 29.8 Å². The molecule has 29 heavy (non-hydrogen) atoms. The highest BCUT2D eigenvalue weighted by molar-refractivity contribution is 7.13. The van der Waals surface area contributed by atoms with Gasteiger partial charge >= 0.3 is 0 Å². The lowest BCUT2D eigenvalue weighted by atomic mass is 10.2. The second kappa shape index (κ2) is 9.27. The summed E-state index contributed by atoms with van der Waals surface area (Å²) in [4.78, 5) is 14.6. The molecule has 7 heteroatoms. The average Bonchev–Trinajstić information content (AvgIpc) is 3.42. The lowest BCUT2D eigenvalue weighted by Gasteiger charge is -2.19. The van der Waals surface area contributed by atoms with Crippen molar-refractivity contribution in [1.82, 2.24) is 15.1 Å². The molecule has 0 saturated carbocycles. The minimum atomic E-state index is -0.249. The van der Waals surface area contributed by atoms with E-state index in [0.717, 1.165) is 23.0 Å². The third-order valence-corrected chi connectivity index (χ3v) is 5.17. The van der Waals surface area contributed by atoms with Crippen LogP contribution in [0.1, 0.15) is 26.1 Å². The number of carbonyl (C=O) groups is 1. The van der Waals surface area contributed by atoms with Crippen molar-refractivity contribution >= 4 is 22.9 Å². The van der Waals surface area contributed by atoms with E-state index in [4.69, 9.17) is 4.42 Å². The van der Waals surface area contributed by atoms with Gasteiger partial charge in [0.2, 0.25) is 5.01 Å². The van der Waals surface area contributed by atoms with Gasteiger partial charge in [0.25, 0.3) is 5.91 Å². The molecule has 1 N–H and O–H groups in total. The van der Waals surface area contributed by atoms with Gasteiger partial charge < -0.3 is 9.73 Å². The molecule has 0 fully saturated rings. The maximum absolute atomic E-state index is 12.4. The van der Waals surface area contributed by atoms with E-state index in [-0.39, 0.29) is 5.91 Å². The third kappa shape index (κ3) is 5.37. The zero-order chi connectivity index (χ0) is 19.9. The van der Waals surface area contributed by atoms with Crippen LogP contribution in [0.3, 0.4) is 0 Å². The first-order chi connectivity index (χ1) is 14.3. The molecule has 1 amide bonds. The van der Waals surface area contributed by atoms with Gasteiger partial charge in [0.15, 0.2) is 0 Å². The van der Waals surface area contributed by atoms with Crippen molar-refractivity contribution in [3.63, 3.8) is 0 Å². The van der Waals surface area contributed by atoms with E-state index >= 15 is 0 Å². The number of amides is 1.